The van der Waals surface area contributed by atoms with Gasteiger partial charge in [-0.3, -0.25) is 4.79 Å². The normalized spacial score (nSPS) is 12.2. The fourth-order valence-corrected chi connectivity index (χ4v) is 2.18. The van der Waals surface area contributed by atoms with Gasteiger partial charge in [0.25, 0.3) is 5.91 Å². The number of unbranched alkanes of at least 4 members (excludes halogenated alkanes) is 1. The van der Waals surface area contributed by atoms with Gasteiger partial charge in [-0.2, -0.15) is 0 Å². The Morgan fingerprint density at radius 1 is 1.53 bits per heavy atom. The van der Waals surface area contributed by atoms with Gasteiger partial charge in [0.05, 0.1) is 5.56 Å². The summed E-state index contributed by atoms with van der Waals surface area (Å²) in [5.74, 6) is 0.257. The minimum Gasteiger partial charge on any atom is -0.383 e. The molecule has 106 valence electrons. The van der Waals surface area contributed by atoms with Crippen molar-refractivity contribution >= 4 is 27.7 Å². The van der Waals surface area contributed by atoms with Crippen molar-refractivity contribution in [3.05, 3.63) is 22.3 Å². The van der Waals surface area contributed by atoms with E-state index in [1.165, 1.54) is 0 Å². The van der Waals surface area contributed by atoms with Gasteiger partial charge in [-0.15, -0.1) is 0 Å². The number of hydrogen-bond acceptors (Lipinski definition) is 3. The molecule has 1 aromatic rings. The SMILES string of the molecule is CCCCN(C(=O)c1cc(Br)cnc1N)C(C)CC. The molecule has 0 spiro atoms. The van der Waals surface area contributed by atoms with Crippen molar-refractivity contribution in [3.8, 4) is 0 Å². The molecule has 5 heteroatoms. The minimum atomic E-state index is -0.0332. The van der Waals surface area contributed by atoms with Gasteiger partial charge >= 0.3 is 0 Å². The van der Waals surface area contributed by atoms with Crippen molar-refractivity contribution in [3.63, 3.8) is 0 Å². The van der Waals surface area contributed by atoms with E-state index >= 15 is 0 Å². The van der Waals surface area contributed by atoms with E-state index in [1.807, 2.05) is 4.90 Å². The summed E-state index contributed by atoms with van der Waals surface area (Å²) >= 11 is 3.33. The summed E-state index contributed by atoms with van der Waals surface area (Å²) in [6.45, 7) is 7.03. The van der Waals surface area contributed by atoms with E-state index in [0.29, 0.717) is 5.56 Å². The van der Waals surface area contributed by atoms with E-state index in [9.17, 15) is 4.79 Å². The predicted molar refractivity (Wildman–Crippen MR) is 82.0 cm³/mol. The lowest BCUT2D eigenvalue weighted by Gasteiger charge is -2.29. The second-order valence-electron chi connectivity index (χ2n) is 4.70. The largest absolute Gasteiger partial charge is 0.383 e. The molecule has 1 atom stereocenters. The highest BCUT2D eigenvalue weighted by atomic mass is 79.9. The number of pyridine rings is 1. The molecule has 0 aliphatic heterocycles. The second kappa shape index (κ2) is 7.48. The molecule has 1 unspecified atom stereocenters. The predicted octanol–water partition coefficient (Wildman–Crippen LogP) is 3.47. The van der Waals surface area contributed by atoms with Gasteiger partial charge < -0.3 is 10.6 Å². The molecule has 0 radical (unpaired) electrons. The van der Waals surface area contributed by atoms with Gasteiger partial charge in [-0.25, -0.2) is 4.98 Å². The van der Waals surface area contributed by atoms with Gasteiger partial charge in [-0.05, 0) is 41.8 Å². The Balaban J connectivity index is 3.00. The summed E-state index contributed by atoms with van der Waals surface area (Å²) in [7, 11) is 0. The van der Waals surface area contributed by atoms with Crippen LogP contribution >= 0.6 is 15.9 Å². The average molecular weight is 328 g/mol. The summed E-state index contributed by atoms with van der Waals surface area (Å²) in [5, 5.41) is 0. The molecular weight excluding hydrogens is 306 g/mol. The van der Waals surface area contributed by atoms with Gasteiger partial charge in [0.1, 0.15) is 5.82 Å². The first-order chi connectivity index (χ1) is 9.01. The molecule has 1 amide bonds. The third-order valence-corrected chi connectivity index (χ3v) is 3.69. The fourth-order valence-electron chi connectivity index (χ4n) is 1.85. The van der Waals surface area contributed by atoms with E-state index in [1.54, 1.807) is 12.3 Å². The Morgan fingerprint density at radius 3 is 2.79 bits per heavy atom. The summed E-state index contributed by atoms with van der Waals surface area (Å²) in [6, 6.07) is 1.95. The van der Waals surface area contributed by atoms with Crippen molar-refractivity contribution < 1.29 is 4.79 Å². The number of rotatable bonds is 6. The van der Waals surface area contributed by atoms with E-state index < -0.39 is 0 Å². The molecule has 0 saturated carbocycles. The van der Waals surface area contributed by atoms with Gasteiger partial charge in [0.2, 0.25) is 0 Å². The van der Waals surface area contributed by atoms with Crippen LogP contribution in [0.4, 0.5) is 5.82 Å². The van der Waals surface area contributed by atoms with Crippen LogP contribution in [0.2, 0.25) is 0 Å². The zero-order valence-electron chi connectivity index (χ0n) is 11.8. The Kier molecular flexibility index (Phi) is 6.28. The Bertz CT molecular complexity index is 437. The number of aromatic nitrogens is 1. The molecule has 0 fully saturated rings. The number of nitrogen functional groups attached to an aromatic ring is 1. The van der Waals surface area contributed by atoms with E-state index in [0.717, 1.165) is 30.3 Å². The van der Waals surface area contributed by atoms with Crippen LogP contribution in [0.5, 0.6) is 0 Å². The molecule has 0 aromatic carbocycles. The molecule has 1 heterocycles. The van der Waals surface area contributed by atoms with Gasteiger partial charge in [0.15, 0.2) is 0 Å². The first-order valence-electron chi connectivity index (χ1n) is 6.73. The highest BCUT2D eigenvalue weighted by Gasteiger charge is 2.22. The molecule has 1 rings (SSSR count). The summed E-state index contributed by atoms with van der Waals surface area (Å²) in [5.41, 5.74) is 6.30. The van der Waals surface area contributed by atoms with Crippen LogP contribution in [-0.2, 0) is 0 Å². The van der Waals surface area contributed by atoms with Crippen LogP contribution in [0.1, 0.15) is 50.4 Å². The highest BCUT2D eigenvalue weighted by molar-refractivity contribution is 9.10. The Labute approximate surface area is 123 Å². The first-order valence-corrected chi connectivity index (χ1v) is 7.52. The maximum absolute atomic E-state index is 12.6. The Hall–Kier alpha value is -1.10. The monoisotopic (exact) mass is 327 g/mol. The topological polar surface area (TPSA) is 59.2 Å². The molecule has 0 aliphatic rings. The van der Waals surface area contributed by atoms with Crippen LogP contribution in [-0.4, -0.2) is 28.4 Å². The number of carbonyl (C=O) groups is 1. The first kappa shape index (κ1) is 16.0. The lowest BCUT2D eigenvalue weighted by atomic mass is 10.1. The second-order valence-corrected chi connectivity index (χ2v) is 5.61. The zero-order chi connectivity index (χ0) is 14.4. The molecule has 19 heavy (non-hydrogen) atoms. The van der Waals surface area contributed by atoms with E-state index in [4.69, 9.17) is 5.73 Å². The number of halogens is 1. The lowest BCUT2D eigenvalue weighted by molar-refractivity contribution is 0.0686. The number of anilines is 1. The molecule has 2 N–H and O–H groups in total. The van der Waals surface area contributed by atoms with Crippen molar-refractivity contribution in [1.82, 2.24) is 9.88 Å². The molecule has 1 aromatic heterocycles. The van der Waals surface area contributed by atoms with Crippen LogP contribution in [0.15, 0.2) is 16.7 Å². The summed E-state index contributed by atoms with van der Waals surface area (Å²) in [4.78, 5) is 18.5. The number of amides is 1. The van der Waals surface area contributed by atoms with E-state index in [2.05, 4.69) is 41.7 Å². The molecule has 4 nitrogen and oxygen atoms in total. The molecule has 0 bridgehead atoms. The number of nitrogens with zero attached hydrogens (tertiary/aromatic N) is 2. The lowest BCUT2D eigenvalue weighted by Crippen LogP contribution is -2.39. The Morgan fingerprint density at radius 2 is 2.21 bits per heavy atom. The summed E-state index contributed by atoms with van der Waals surface area (Å²) < 4.78 is 0.768. The zero-order valence-corrected chi connectivity index (χ0v) is 13.4. The van der Waals surface area contributed by atoms with Crippen LogP contribution < -0.4 is 5.73 Å². The number of nitrogens with two attached hydrogens (primary N) is 1. The van der Waals surface area contributed by atoms with Crippen molar-refractivity contribution in [2.75, 3.05) is 12.3 Å². The van der Waals surface area contributed by atoms with Crippen molar-refractivity contribution in [2.24, 2.45) is 0 Å². The molecule has 0 aliphatic carbocycles. The minimum absolute atomic E-state index is 0.0332. The smallest absolute Gasteiger partial charge is 0.257 e. The maximum Gasteiger partial charge on any atom is 0.257 e. The fraction of sp³-hybridized carbons (Fsp3) is 0.571. The van der Waals surface area contributed by atoms with Gasteiger partial charge in [-0.1, -0.05) is 20.3 Å². The van der Waals surface area contributed by atoms with Crippen LogP contribution in [0.25, 0.3) is 0 Å². The molecular formula is C14H22BrN3O. The standard InChI is InChI=1S/C14H22BrN3O/c1-4-6-7-18(10(3)5-2)14(19)12-8-11(15)9-17-13(12)16/h8-10H,4-7H2,1-3H3,(H2,16,17). The summed E-state index contributed by atoms with van der Waals surface area (Å²) in [6.07, 6.45) is 4.59. The third kappa shape index (κ3) is 4.20. The quantitative estimate of drug-likeness (QED) is 0.870. The van der Waals surface area contributed by atoms with Crippen LogP contribution in [0, 0.1) is 0 Å². The maximum atomic E-state index is 12.6. The van der Waals surface area contributed by atoms with Crippen LogP contribution in [0.3, 0.4) is 0 Å². The number of carbonyl (C=O) groups excluding carboxylic acids is 1. The average Bonchev–Trinajstić information content (AvgIpc) is 2.41. The van der Waals surface area contributed by atoms with Crippen molar-refractivity contribution in [1.29, 1.82) is 0 Å². The third-order valence-electron chi connectivity index (χ3n) is 3.25. The van der Waals surface area contributed by atoms with Gasteiger partial charge in [0, 0.05) is 23.3 Å². The molecule has 0 saturated heterocycles. The highest BCUT2D eigenvalue weighted by Crippen LogP contribution is 2.19. The van der Waals surface area contributed by atoms with E-state index in [-0.39, 0.29) is 17.8 Å². The van der Waals surface area contributed by atoms with Crippen molar-refractivity contribution in [2.45, 2.75) is 46.1 Å². The number of hydrogen-bond donors (Lipinski definition) is 1.